The smallest absolute Gasteiger partial charge is 0.254 e. The Balaban J connectivity index is 1.69. The van der Waals surface area contributed by atoms with Gasteiger partial charge in [0.05, 0.1) is 5.56 Å². The van der Waals surface area contributed by atoms with Crippen molar-refractivity contribution in [3.05, 3.63) is 107 Å². The van der Waals surface area contributed by atoms with Crippen molar-refractivity contribution >= 4 is 22.7 Å². The number of hydrogen-bond donors (Lipinski definition) is 2. The summed E-state index contributed by atoms with van der Waals surface area (Å²) in [7, 11) is 1.41. The zero-order valence-electron chi connectivity index (χ0n) is 17.3. The normalized spacial score (nSPS) is 11.8. The second-order valence-corrected chi connectivity index (χ2v) is 7.37. The molecule has 162 valence electrons. The predicted octanol–water partition coefficient (Wildman–Crippen LogP) is 4.18. The van der Waals surface area contributed by atoms with Gasteiger partial charge in [-0.1, -0.05) is 54.6 Å². The molecule has 0 spiro atoms. The molecule has 0 aliphatic carbocycles. The molecule has 0 aliphatic heterocycles. The van der Waals surface area contributed by atoms with Crippen molar-refractivity contribution in [3.63, 3.8) is 0 Å². The van der Waals surface area contributed by atoms with Gasteiger partial charge >= 0.3 is 0 Å². The molecule has 7 heteroatoms. The molecule has 1 aromatic heterocycles. The average Bonchev–Trinajstić information content (AvgIpc) is 3.18. The Labute approximate surface area is 183 Å². The molecule has 2 amide bonds. The Morgan fingerprint density at radius 1 is 0.938 bits per heavy atom. The van der Waals surface area contributed by atoms with Crippen molar-refractivity contribution in [1.82, 2.24) is 15.2 Å². The number of aromatic nitrogens is 1. The van der Waals surface area contributed by atoms with Crippen molar-refractivity contribution in [3.8, 4) is 0 Å². The molecule has 4 rings (SSSR count). The zero-order valence-corrected chi connectivity index (χ0v) is 17.3. The van der Waals surface area contributed by atoms with Crippen LogP contribution in [0.3, 0.4) is 0 Å². The Kier molecular flexibility index (Phi) is 5.98. The van der Waals surface area contributed by atoms with E-state index in [4.69, 9.17) is 0 Å². The molecule has 4 aromatic rings. The first-order chi connectivity index (χ1) is 15.5. The molecule has 2 N–H and O–H groups in total. The van der Waals surface area contributed by atoms with Crippen LogP contribution in [0.5, 0.6) is 0 Å². The van der Waals surface area contributed by atoms with Crippen LogP contribution in [0.2, 0.25) is 0 Å². The summed E-state index contributed by atoms with van der Waals surface area (Å²) in [6.45, 7) is 0.566. The van der Waals surface area contributed by atoms with Gasteiger partial charge < -0.3 is 15.2 Å². The molecule has 1 unspecified atom stereocenters. The van der Waals surface area contributed by atoms with Crippen LogP contribution in [0.1, 0.15) is 27.5 Å². The summed E-state index contributed by atoms with van der Waals surface area (Å²) < 4.78 is 29.1. The monoisotopic (exact) mass is 433 g/mol. The van der Waals surface area contributed by atoms with Crippen LogP contribution in [0.25, 0.3) is 10.9 Å². The number of amides is 2. The van der Waals surface area contributed by atoms with Gasteiger partial charge in [0.25, 0.3) is 5.91 Å². The van der Waals surface area contributed by atoms with Crippen molar-refractivity contribution in [2.45, 2.75) is 12.6 Å². The second kappa shape index (κ2) is 9.01. The van der Waals surface area contributed by atoms with Crippen molar-refractivity contribution in [2.24, 2.45) is 0 Å². The maximum absolute atomic E-state index is 13.8. The summed E-state index contributed by atoms with van der Waals surface area (Å²) in [5, 5.41) is 5.84. The number of likely N-dealkylation sites (N-methyl/N-ethyl adjacent to an activating group) is 1. The third kappa shape index (κ3) is 4.23. The Bertz CT molecular complexity index is 1290. The fraction of sp³-hybridized carbons (Fsp3) is 0.120. The summed E-state index contributed by atoms with van der Waals surface area (Å²) in [6.07, 6.45) is 1.74. The maximum Gasteiger partial charge on any atom is 0.254 e. The topological polar surface area (TPSA) is 63.1 Å². The molecule has 5 nitrogen and oxygen atoms in total. The molecule has 0 bridgehead atoms. The number of carbonyl (C=O) groups is 2. The van der Waals surface area contributed by atoms with Gasteiger partial charge in [-0.15, -0.1) is 0 Å². The van der Waals surface area contributed by atoms with E-state index in [1.807, 2.05) is 59.2 Å². The minimum absolute atomic E-state index is 0.143. The van der Waals surface area contributed by atoms with Crippen molar-refractivity contribution in [1.29, 1.82) is 0 Å². The fourth-order valence-electron chi connectivity index (χ4n) is 3.68. The Morgan fingerprint density at radius 3 is 2.38 bits per heavy atom. The Hall–Kier alpha value is -4.00. The molecule has 1 heterocycles. The third-order valence-corrected chi connectivity index (χ3v) is 5.29. The third-order valence-electron chi connectivity index (χ3n) is 5.29. The van der Waals surface area contributed by atoms with Gasteiger partial charge in [-0.2, -0.15) is 0 Å². The zero-order chi connectivity index (χ0) is 22.7. The molecule has 3 aromatic carbocycles. The first-order valence-electron chi connectivity index (χ1n) is 10.1. The number of nitrogens with zero attached hydrogens (tertiary/aromatic N) is 1. The molecule has 0 saturated heterocycles. The van der Waals surface area contributed by atoms with E-state index < -0.39 is 29.5 Å². The number of fused-ring (bicyclic) bond motifs is 1. The average molecular weight is 433 g/mol. The number of hydrogen-bond acceptors (Lipinski definition) is 2. The highest BCUT2D eigenvalue weighted by Crippen LogP contribution is 2.24. The number of benzene rings is 3. The first-order valence-corrected chi connectivity index (χ1v) is 10.1. The molecule has 0 aliphatic rings. The van der Waals surface area contributed by atoms with E-state index in [0.717, 1.165) is 28.6 Å². The lowest BCUT2D eigenvalue weighted by Crippen LogP contribution is -2.39. The summed E-state index contributed by atoms with van der Waals surface area (Å²) in [5.74, 6) is -3.16. The molecule has 0 saturated carbocycles. The van der Waals surface area contributed by atoms with E-state index in [0.29, 0.717) is 12.1 Å². The standard InChI is InChI=1S/C25H21F2N3O2/c1-28-25(32)23(17-11-12-20(26)21(27)13-17)29-24(31)19-15-30(14-16-7-3-2-4-8-16)22-10-6-5-9-18(19)22/h2-13,15,23H,14H2,1H3,(H,28,32)(H,29,31). The highest BCUT2D eigenvalue weighted by Gasteiger charge is 2.25. The lowest BCUT2D eigenvalue weighted by molar-refractivity contribution is -0.122. The second-order valence-electron chi connectivity index (χ2n) is 7.37. The fourth-order valence-corrected chi connectivity index (χ4v) is 3.68. The summed E-state index contributed by atoms with van der Waals surface area (Å²) in [4.78, 5) is 25.6. The molecule has 0 radical (unpaired) electrons. The van der Waals surface area contributed by atoms with Gasteiger partial charge in [-0.05, 0) is 29.3 Å². The number of para-hydroxylation sites is 1. The minimum atomic E-state index is -1.18. The van der Waals surface area contributed by atoms with Crippen LogP contribution >= 0.6 is 0 Å². The largest absolute Gasteiger partial charge is 0.357 e. The molecule has 32 heavy (non-hydrogen) atoms. The van der Waals surface area contributed by atoms with E-state index in [1.165, 1.54) is 13.1 Å². The van der Waals surface area contributed by atoms with Crippen LogP contribution in [-0.2, 0) is 11.3 Å². The number of rotatable bonds is 6. The summed E-state index contributed by atoms with van der Waals surface area (Å²) >= 11 is 0. The summed E-state index contributed by atoms with van der Waals surface area (Å²) in [5.41, 5.74) is 2.47. The van der Waals surface area contributed by atoms with E-state index in [2.05, 4.69) is 10.6 Å². The van der Waals surface area contributed by atoms with Crippen LogP contribution in [-0.4, -0.2) is 23.4 Å². The van der Waals surface area contributed by atoms with Crippen molar-refractivity contribution in [2.75, 3.05) is 7.05 Å². The van der Waals surface area contributed by atoms with Gasteiger partial charge in [0.1, 0.15) is 6.04 Å². The molecule has 1 atom stereocenters. The molecular weight excluding hydrogens is 412 g/mol. The quantitative estimate of drug-likeness (QED) is 0.479. The summed E-state index contributed by atoms with van der Waals surface area (Å²) in [6, 6.07) is 19.2. The number of nitrogens with one attached hydrogen (secondary N) is 2. The van der Waals surface area contributed by atoms with E-state index in [1.54, 1.807) is 6.20 Å². The maximum atomic E-state index is 13.8. The van der Waals surface area contributed by atoms with Gasteiger partial charge in [0, 0.05) is 30.7 Å². The van der Waals surface area contributed by atoms with E-state index >= 15 is 0 Å². The first kappa shape index (κ1) is 21.2. The van der Waals surface area contributed by atoms with Crippen LogP contribution < -0.4 is 10.6 Å². The minimum Gasteiger partial charge on any atom is -0.357 e. The van der Waals surface area contributed by atoms with Crippen LogP contribution in [0.4, 0.5) is 8.78 Å². The lowest BCUT2D eigenvalue weighted by Gasteiger charge is -2.18. The predicted molar refractivity (Wildman–Crippen MR) is 118 cm³/mol. The molecule has 0 fully saturated rings. The van der Waals surface area contributed by atoms with E-state index in [-0.39, 0.29) is 5.56 Å². The SMILES string of the molecule is CNC(=O)C(NC(=O)c1cn(Cc2ccccc2)c2ccccc12)c1ccc(F)c(F)c1. The lowest BCUT2D eigenvalue weighted by atomic mass is 10.0. The van der Waals surface area contributed by atoms with Gasteiger partial charge in [-0.3, -0.25) is 9.59 Å². The van der Waals surface area contributed by atoms with Gasteiger partial charge in [0.2, 0.25) is 5.91 Å². The van der Waals surface area contributed by atoms with E-state index in [9.17, 15) is 18.4 Å². The van der Waals surface area contributed by atoms with Gasteiger partial charge in [-0.25, -0.2) is 8.78 Å². The highest BCUT2D eigenvalue weighted by molar-refractivity contribution is 6.08. The molecular formula is C25H21F2N3O2. The van der Waals surface area contributed by atoms with Crippen LogP contribution in [0.15, 0.2) is 79.0 Å². The number of carbonyl (C=O) groups excluding carboxylic acids is 2. The van der Waals surface area contributed by atoms with Crippen LogP contribution in [0, 0.1) is 11.6 Å². The highest BCUT2D eigenvalue weighted by atomic mass is 19.2. The number of halogens is 2. The van der Waals surface area contributed by atoms with Crippen molar-refractivity contribution < 1.29 is 18.4 Å². The van der Waals surface area contributed by atoms with Gasteiger partial charge in [0.15, 0.2) is 11.6 Å². The Morgan fingerprint density at radius 2 is 1.66 bits per heavy atom.